The fourth-order valence-corrected chi connectivity index (χ4v) is 3.58. The number of rotatable bonds is 3. The van der Waals surface area contributed by atoms with E-state index in [1.165, 1.54) is 22.5 Å². The van der Waals surface area contributed by atoms with Crippen LogP contribution in [-0.2, 0) is 13.1 Å². The lowest BCUT2D eigenvalue weighted by molar-refractivity contribution is 0.0933. The number of ketones is 1. The van der Waals surface area contributed by atoms with Gasteiger partial charge in [-0.15, -0.1) is 11.3 Å². The molecule has 0 N–H and O–H groups in total. The highest BCUT2D eigenvalue weighted by atomic mass is 79.9. The Bertz CT molecular complexity index is 568. The van der Waals surface area contributed by atoms with Gasteiger partial charge in [-0.2, -0.15) is 0 Å². The quantitative estimate of drug-likeness (QED) is 0.803. The van der Waals surface area contributed by atoms with Crippen LogP contribution in [0, 0.1) is 0 Å². The van der Waals surface area contributed by atoms with Gasteiger partial charge < -0.3 is 0 Å². The maximum Gasteiger partial charge on any atom is 0.186 e. The van der Waals surface area contributed by atoms with Crippen molar-refractivity contribution in [3.8, 4) is 0 Å². The average Bonchev–Trinajstić information content (AvgIpc) is 2.94. The van der Waals surface area contributed by atoms with Gasteiger partial charge in [0.25, 0.3) is 0 Å². The van der Waals surface area contributed by atoms with Gasteiger partial charge in [-0.25, -0.2) is 0 Å². The molecule has 92 valence electrons. The van der Waals surface area contributed by atoms with E-state index >= 15 is 0 Å². The zero-order valence-electron chi connectivity index (χ0n) is 9.73. The van der Waals surface area contributed by atoms with Gasteiger partial charge in [-0.3, -0.25) is 9.69 Å². The first-order valence-electron chi connectivity index (χ1n) is 5.80. The fraction of sp³-hybridized carbons (Fsp3) is 0.214. The van der Waals surface area contributed by atoms with Crippen LogP contribution in [0.15, 0.2) is 40.2 Å². The van der Waals surface area contributed by atoms with Crippen molar-refractivity contribution < 1.29 is 4.79 Å². The molecule has 3 rings (SSSR count). The Morgan fingerprint density at radius 2 is 1.83 bits per heavy atom. The monoisotopic (exact) mass is 321 g/mol. The first kappa shape index (κ1) is 12.1. The second-order valence-corrected chi connectivity index (χ2v) is 6.90. The number of halogens is 1. The molecule has 4 heteroatoms. The summed E-state index contributed by atoms with van der Waals surface area (Å²) in [5.74, 6) is 0.207. The molecule has 2 nitrogen and oxygen atoms in total. The van der Waals surface area contributed by atoms with Crippen LogP contribution in [0.5, 0.6) is 0 Å². The molecular formula is C14H12BrNOS. The number of hydrogen-bond donors (Lipinski definition) is 0. The lowest BCUT2D eigenvalue weighted by atomic mass is 10.1. The molecular weight excluding hydrogens is 310 g/mol. The van der Waals surface area contributed by atoms with Crippen molar-refractivity contribution in [3.05, 3.63) is 56.2 Å². The molecule has 0 spiro atoms. The zero-order valence-corrected chi connectivity index (χ0v) is 12.1. The molecule has 0 radical (unpaired) electrons. The minimum atomic E-state index is 0.207. The van der Waals surface area contributed by atoms with E-state index in [2.05, 4.69) is 45.1 Å². The Kier molecular flexibility index (Phi) is 3.33. The topological polar surface area (TPSA) is 20.3 Å². The van der Waals surface area contributed by atoms with Gasteiger partial charge in [0, 0.05) is 13.1 Å². The number of Topliss-reactive ketones (excluding diaryl/α,β-unsaturated/α-hetero) is 1. The van der Waals surface area contributed by atoms with E-state index in [-0.39, 0.29) is 5.78 Å². The van der Waals surface area contributed by atoms with Crippen molar-refractivity contribution in [2.75, 3.05) is 6.54 Å². The van der Waals surface area contributed by atoms with Gasteiger partial charge in [-0.1, -0.05) is 24.3 Å². The number of hydrogen-bond acceptors (Lipinski definition) is 3. The van der Waals surface area contributed by atoms with Crippen LogP contribution in [0.3, 0.4) is 0 Å². The molecule has 0 saturated carbocycles. The van der Waals surface area contributed by atoms with Crippen molar-refractivity contribution >= 4 is 33.0 Å². The van der Waals surface area contributed by atoms with E-state index < -0.39 is 0 Å². The van der Waals surface area contributed by atoms with E-state index in [0.29, 0.717) is 6.54 Å². The third-order valence-corrected chi connectivity index (χ3v) is 4.79. The zero-order chi connectivity index (χ0) is 12.5. The number of carbonyl (C=O) groups excluding carboxylic acids is 1. The van der Waals surface area contributed by atoms with Crippen LogP contribution >= 0.6 is 27.3 Å². The number of benzene rings is 1. The van der Waals surface area contributed by atoms with Crippen molar-refractivity contribution in [3.63, 3.8) is 0 Å². The van der Waals surface area contributed by atoms with E-state index in [9.17, 15) is 4.79 Å². The maximum absolute atomic E-state index is 12.1. The largest absolute Gasteiger partial charge is 0.292 e. The summed E-state index contributed by atoms with van der Waals surface area (Å²) in [5.41, 5.74) is 2.69. The fourth-order valence-electron chi connectivity index (χ4n) is 2.26. The molecule has 0 unspecified atom stereocenters. The Morgan fingerprint density at radius 3 is 2.39 bits per heavy atom. The number of thiophene rings is 1. The highest BCUT2D eigenvalue weighted by molar-refractivity contribution is 9.11. The second kappa shape index (κ2) is 4.96. The van der Waals surface area contributed by atoms with Crippen molar-refractivity contribution in [1.82, 2.24) is 4.90 Å². The SMILES string of the molecule is O=C(CN1Cc2ccccc2C1)c1ccc(Br)s1. The number of fused-ring (bicyclic) bond motifs is 1. The standard InChI is InChI=1S/C14H12BrNOS/c15-14-6-5-13(18-14)12(17)9-16-7-10-3-1-2-4-11(10)8-16/h1-6H,7-9H2. The highest BCUT2D eigenvalue weighted by Crippen LogP contribution is 2.25. The lowest BCUT2D eigenvalue weighted by Gasteiger charge is -2.12. The summed E-state index contributed by atoms with van der Waals surface area (Å²) in [6, 6.07) is 12.2. The molecule has 0 atom stereocenters. The van der Waals surface area contributed by atoms with Gasteiger partial charge >= 0.3 is 0 Å². The van der Waals surface area contributed by atoms with E-state index in [0.717, 1.165) is 21.8 Å². The van der Waals surface area contributed by atoms with Crippen LogP contribution in [-0.4, -0.2) is 17.2 Å². The van der Waals surface area contributed by atoms with Crippen molar-refractivity contribution in [2.24, 2.45) is 0 Å². The molecule has 0 saturated heterocycles. The summed E-state index contributed by atoms with van der Waals surface area (Å²) >= 11 is 4.89. The second-order valence-electron chi connectivity index (χ2n) is 4.44. The van der Waals surface area contributed by atoms with Crippen LogP contribution in [0.1, 0.15) is 20.8 Å². The maximum atomic E-state index is 12.1. The Morgan fingerprint density at radius 1 is 1.17 bits per heavy atom. The molecule has 2 aromatic rings. The van der Waals surface area contributed by atoms with Gasteiger partial charge in [0.15, 0.2) is 5.78 Å². The molecule has 0 bridgehead atoms. The smallest absolute Gasteiger partial charge is 0.186 e. The molecule has 18 heavy (non-hydrogen) atoms. The molecule has 1 aliphatic rings. The van der Waals surface area contributed by atoms with Gasteiger partial charge in [0.1, 0.15) is 0 Å². The normalized spacial score (nSPS) is 14.7. The van der Waals surface area contributed by atoms with Gasteiger partial charge in [-0.05, 0) is 39.2 Å². The first-order valence-corrected chi connectivity index (χ1v) is 7.41. The molecule has 2 heterocycles. The summed E-state index contributed by atoms with van der Waals surface area (Å²) in [6.07, 6.45) is 0. The Hall–Kier alpha value is -0.970. The van der Waals surface area contributed by atoms with E-state index in [4.69, 9.17) is 0 Å². The summed E-state index contributed by atoms with van der Waals surface area (Å²) in [7, 11) is 0. The van der Waals surface area contributed by atoms with Gasteiger partial charge in [0.2, 0.25) is 0 Å². The molecule has 0 amide bonds. The molecule has 0 aliphatic carbocycles. The highest BCUT2D eigenvalue weighted by Gasteiger charge is 2.21. The van der Waals surface area contributed by atoms with E-state index in [1.54, 1.807) is 0 Å². The third-order valence-electron chi connectivity index (χ3n) is 3.12. The predicted molar refractivity (Wildman–Crippen MR) is 76.9 cm³/mol. The van der Waals surface area contributed by atoms with Crippen molar-refractivity contribution in [2.45, 2.75) is 13.1 Å². The average molecular weight is 322 g/mol. The predicted octanol–water partition coefficient (Wildman–Crippen LogP) is 3.71. The van der Waals surface area contributed by atoms with Crippen molar-refractivity contribution in [1.29, 1.82) is 0 Å². The Balaban J connectivity index is 1.68. The minimum Gasteiger partial charge on any atom is -0.292 e. The summed E-state index contributed by atoms with van der Waals surface area (Å²) < 4.78 is 1.01. The summed E-state index contributed by atoms with van der Waals surface area (Å²) in [6.45, 7) is 2.27. The van der Waals surface area contributed by atoms with Crippen LogP contribution in [0.25, 0.3) is 0 Å². The molecule has 1 aliphatic heterocycles. The first-order chi connectivity index (χ1) is 8.72. The van der Waals surface area contributed by atoms with Crippen LogP contribution in [0.2, 0.25) is 0 Å². The molecule has 0 fully saturated rings. The number of carbonyl (C=O) groups is 1. The van der Waals surface area contributed by atoms with Gasteiger partial charge in [0.05, 0.1) is 15.2 Å². The summed E-state index contributed by atoms with van der Waals surface area (Å²) in [5, 5.41) is 0. The number of nitrogens with zero attached hydrogens (tertiary/aromatic N) is 1. The third kappa shape index (κ3) is 2.41. The summed E-state index contributed by atoms with van der Waals surface area (Å²) in [4.78, 5) is 15.1. The lowest BCUT2D eigenvalue weighted by Crippen LogP contribution is -2.24. The Labute approximate surface area is 118 Å². The van der Waals surface area contributed by atoms with E-state index in [1.807, 2.05) is 12.1 Å². The van der Waals surface area contributed by atoms with Crippen LogP contribution in [0.4, 0.5) is 0 Å². The van der Waals surface area contributed by atoms with Crippen LogP contribution < -0.4 is 0 Å². The molecule has 1 aromatic carbocycles. The molecule has 1 aromatic heterocycles. The minimum absolute atomic E-state index is 0.207.